The summed E-state index contributed by atoms with van der Waals surface area (Å²) >= 11 is 0. The molecular weight excluding hydrogens is 1240 g/mol. The van der Waals surface area contributed by atoms with Crippen LogP contribution < -0.4 is 26.2 Å². The average Bonchev–Trinajstić information content (AvgIpc) is 1.37. The van der Waals surface area contributed by atoms with Crippen molar-refractivity contribution in [2.75, 3.05) is 9.80 Å². The molecule has 0 bridgehead atoms. The molecule has 20 rings (SSSR count). The van der Waals surface area contributed by atoms with Crippen LogP contribution in [0.15, 0.2) is 333 Å². The first-order chi connectivity index (χ1) is 53.3. The third-order valence-corrected chi connectivity index (χ3v) is 21.7. The maximum absolute atomic E-state index is 10.6. The number of fused-ring (bicyclic) bond motifs is 15. The maximum atomic E-state index is 10.6. The highest BCUT2D eigenvalue weighted by molar-refractivity contribution is 7.01. The van der Waals surface area contributed by atoms with Crippen LogP contribution in [0.2, 0.25) is 0 Å². The Hall–Kier alpha value is -12.4. The van der Waals surface area contributed by atoms with Gasteiger partial charge in [-0.25, -0.2) is 0 Å². The van der Waals surface area contributed by atoms with E-state index in [2.05, 4.69) is 317 Å². The molecule has 0 N–H and O–H groups in total. The fraction of sp³-hybridized carbons (Fsp3) is 0.0816. The first kappa shape index (κ1) is 53.5. The second kappa shape index (κ2) is 23.1. The Morgan fingerprint density at radius 3 is 1.22 bits per heavy atom. The van der Waals surface area contributed by atoms with E-state index < -0.39 is 18.8 Å². The van der Waals surface area contributed by atoms with Gasteiger partial charge in [0.25, 0.3) is 6.71 Å². The van der Waals surface area contributed by atoms with Crippen LogP contribution in [0.3, 0.4) is 0 Å². The lowest BCUT2D eigenvalue weighted by molar-refractivity contribution is 0.590. The lowest BCUT2D eigenvalue weighted by Crippen LogP contribution is -2.61. The van der Waals surface area contributed by atoms with Gasteiger partial charge in [0.05, 0.1) is 59.9 Å². The number of rotatable bonds is 9. The number of hydrogen-bond donors (Lipinski definition) is 0. The molecule has 4 nitrogen and oxygen atoms in total. The molecule has 2 aliphatic rings. The molecule has 5 heteroatoms. The molecule has 0 saturated carbocycles. The average molecular weight is 1320 g/mol. The summed E-state index contributed by atoms with van der Waals surface area (Å²) in [7, 11) is 0. The van der Waals surface area contributed by atoms with Gasteiger partial charge < -0.3 is 18.8 Å². The number of anilines is 6. The van der Waals surface area contributed by atoms with Gasteiger partial charge in [0.1, 0.15) is 0 Å². The largest absolute Gasteiger partial charge is 0.309 e. The first-order valence-electron chi connectivity index (χ1n) is 39.2. The van der Waals surface area contributed by atoms with Crippen LogP contribution in [-0.2, 0) is 10.8 Å². The van der Waals surface area contributed by atoms with Crippen LogP contribution in [-0.4, -0.2) is 15.7 Å². The van der Waals surface area contributed by atoms with Crippen LogP contribution in [0.25, 0.3) is 132 Å². The van der Waals surface area contributed by atoms with Crippen LogP contribution in [0.1, 0.15) is 62.3 Å². The van der Waals surface area contributed by atoms with Crippen LogP contribution in [0, 0.1) is 0 Å². The Labute approximate surface area is 611 Å². The highest BCUT2D eigenvalue weighted by Crippen LogP contribution is 2.60. The van der Waals surface area contributed by atoms with Gasteiger partial charge in [0.15, 0.2) is 0 Å². The van der Waals surface area contributed by atoms with Crippen molar-refractivity contribution in [1.82, 2.24) is 8.97 Å². The highest BCUT2D eigenvalue weighted by atomic mass is 15.2. The fourth-order valence-electron chi connectivity index (χ4n) is 16.9. The van der Waals surface area contributed by atoms with E-state index in [0.717, 1.165) is 150 Å². The molecule has 5 heterocycles. The summed E-state index contributed by atoms with van der Waals surface area (Å²) in [5.41, 5.74) is 25.8. The molecule has 0 aliphatic carbocycles. The van der Waals surface area contributed by atoms with Crippen molar-refractivity contribution in [3.63, 3.8) is 0 Å². The Morgan fingerprint density at radius 2 is 0.738 bits per heavy atom. The van der Waals surface area contributed by atoms with E-state index >= 15 is 0 Å². The van der Waals surface area contributed by atoms with Crippen molar-refractivity contribution in [2.45, 2.75) is 52.4 Å². The normalized spacial score (nSPS) is 13.8. The Kier molecular flexibility index (Phi) is 12.0. The first-order valence-corrected chi connectivity index (χ1v) is 35.7. The lowest BCUT2D eigenvalue weighted by atomic mass is 9.33. The molecule has 0 unspecified atom stereocenters. The zero-order valence-corrected chi connectivity index (χ0v) is 58.1. The minimum absolute atomic E-state index is 0.0738. The van der Waals surface area contributed by atoms with Gasteiger partial charge in [-0.1, -0.05) is 308 Å². The second-order valence-electron chi connectivity index (χ2n) is 29.8. The van der Waals surface area contributed by atoms with E-state index in [4.69, 9.17) is 0 Å². The number of aromatic nitrogens is 2. The summed E-state index contributed by atoms with van der Waals surface area (Å²) in [4.78, 5) is 5.24. The number of hydrogen-bond acceptors (Lipinski definition) is 2. The third kappa shape index (κ3) is 9.31. The Balaban J connectivity index is 1.05. The monoisotopic (exact) mass is 1320 g/mol. The van der Waals surface area contributed by atoms with Gasteiger partial charge in [-0.2, -0.15) is 0 Å². The molecule has 2 aliphatic heterocycles. The molecule has 103 heavy (non-hydrogen) atoms. The zero-order chi connectivity index (χ0) is 75.1. The highest BCUT2D eigenvalue weighted by Gasteiger charge is 2.49. The molecular formula is C98H73BN4. The van der Waals surface area contributed by atoms with E-state index in [1.807, 2.05) is 34.9 Å². The molecule has 18 aromatic rings. The van der Waals surface area contributed by atoms with Crippen molar-refractivity contribution in [2.24, 2.45) is 0 Å². The topological polar surface area (TPSA) is 15.8 Å². The van der Waals surface area contributed by atoms with Crippen LogP contribution >= 0.6 is 0 Å². The van der Waals surface area contributed by atoms with Gasteiger partial charge in [0, 0.05) is 71.6 Å². The molecule has 0 saturated heterocycles. The molecule has 0 radical (unpaired) electrons. The summed E-state index contributed by atoms with van der Waals surface area (Å²) in [5, 5.41) is 4.52. The van der Waals surface area contributed by atoms with E-state index in [1.54, 1.807) is 0 Å². The van der Waals surface area contributed by atoms with Crippen LogP contribution in [0.5, 0.6) is 0 Å². The predicted octanol–water partition coefficient (Wildman–Crippen LogP) is 24.6. The molecule has 3 aromatic heterocycles. The maximum Gasteiger partial charge on any atom is 0.252 e. The van der Waals surface area contributed by atoms with E-state index in [1.165, 1.54) is 5.56 Å². The van der Waals surface area contributed by atoms with Crippen molar-refractivity contribution in [3.05, 3.63) is 345 Å². The minimum Gasteiger partial charge on any atom is -0.309 e. The van der Waals surface area contributed by atoms with E-state index in [-0.39, 0.29) is 68.4 Å². The van der Waals surface area contributed by atoms with E-state index in [9.17, 15) is 9.60 Å². The predicted molar refractivity (Wildman–Crippen MR) is 439 cm³/mol. The Bertz CT molecular complexity index is 6750. The second-order valence-corrected chi connectivity index (χ2v) is 29.8. The molecule has 15 aromatic carbocycles. The standard InChI is InChI=1S/C98H73BN4/c1-97(2,3)70-57-77(64-35-17-9-18-36-64)92(78(58-70)65-37-19-10-20-38-65)102-86-54-50-68(62-31-13-7-14-32-62)55-82(86)99-81-53-51-72(100-83-46-28-25-43-73(83)74-52-49-69(56-87(74)100)63-33-15-8-16-34-63)61-88(81)103(93-79(66-39-21-11-22-40-66)59-71(98(4,5)6)60-80(93)67-41-23-12-24-42-67)96-90-76-45-27-30-48-85(76)101-84-47-29-26-44-75(84)89(94(90)101)95(102)91(96)99/h7-61H,1-6H3/i25D,28D,43D,46D,49D,52D,56D. The number of benzene rings is 15. The molecule has 0 fully saturated rings. The molecule has 0 atom stereocenters. The number of nitrogens with zero attached hydrogens (tertiary/aromatic N) is 4. The van der Waals surface area contributed by atoms with E-state index in [0.29, 0.717) is 11.3 Å². The fourth-order valence-corrected chi connectivity index (χ4v) is 16.9. The van der Waals surface area contributed by atoms with Gasteiger partial charge in [-0.05, 0) is 150 Å². The number of para-hydroxylation sites is 3. The van der Waals surface area contributed by atoms with Gasteiger partial charge in [-0.15, -0.1) is 0 Å². The van der Waals surface area contributed by atoms with Crippen molar-refractivity contribution >= 4 is 117 Å². The third-order valence-electron chi connectivity index (χ3n) is 21.7. The summed E-state index contributed by atoms with van der Waals surface area (Å²) < 4.78 is 73.6. The van der Waals surface area contributed by atoms with Gasteiger partial charge in [0.2, 0.25) is 0 Å². The summed E-state index contributed by atoms with van der Waals surface area (Å²) in [6, 6.07) is 102. The Morgan fingerprint density at radius 1 is 0.311 bits per heavy atom. The molecule has 488 valence electrons. The van der Waals surface area contributed by atoms with Gasteiger partial charge >= 0.3 is 0 Å². The lowest BCUT2D eigenvalue weighted by Gasteiger charge is -2.46. The van der Waals surface area contributed by atoms with Crippen LogP contribution in [0.4, 0.5) is 34.1 Å². The smallest absolute Gasteiger partial charge is 0.252 e. The van der Waals surface area contributed by atoms with Crippen molar-refractivity contribution in [3.8, 4) is 72.4 Å². The van der Waals surface area contributed by atoms with Crippen molar-refractivity contribution in [1.29, 1.82) is 0 Å². The SMILES string of the molecule is [2H]c1c([2H])c([2H])c2c(c1[2H])c1c([2H])c([2H])c(-c3ccccc3)c([2H])c1n2-c1ccc2c(c1)N(c1c(-c3ccccc3)cc(C(C)(C)C)cc1-c1ccccc1)c1c3c(c4c5ccccc5n5c6ccccc6c1c45)N(c1c(-c4ccccc4)cc(C(C)(C)C)cc1-c1ccccc1)c1ccc(-c4ccccc4)cc1B23. The quantitative estimate of drug-likeness (QED) is 0.134. The summed E-state index contributed by atoms with van der Waals surface area (Å²) in [6.07, 6.45) is 0. The van der Waals surface area contributed by atoms with Gasteiger partial charge in [-0.3, -0.25) is 0 Å². The summed E-state index contributed by atoms with van der Waals surface area (Å²) in [5.74, 6) is 0. The minimum atomic E-state index is -0.535. The summed E-state index contributed by atoms with van der Waals surface area (Å²) in [6.45, 7) is 13.2. The van der Waals surface area contributed by atoms with Crippen molar-refractivity contribution < 1.29 is 9.60 Å². The zero-order valence-electron chi connectivity index (χ0n) is 65.1. The molecule has 0 amide bonds. The molecule has 0 spiro atoms.